The average Bonchev–Trinajstić information content (AvgIpc) is 2.48. The lowest BCUT2D eigenvalue weighted by molar-refractivity contribution is -0.119. The van der Waals surface area contributed by atoms with Gasteiger partial charge in [0, 0.05) is 33.4 Å². The van der Waals surface area contributed by atoms with Gasteiger partial charge in [-0.15, -0.1) is 11.8 Å². The fraction of sp³-hybridized carbons (Fsp3) is 0.235. The molecule has 0 saturated carbocycles. The maximum Gasteiger partial charge on any atom is 0.135 e. The van der Waals surface area contributed by atoms with Crippen LogP contribution in [0.5, 0.6) is 0 Å². The third-order valence-electron chi connectivity index (χ3n) is 3.64. The summed E-state index contributed by atoms with van der Waals surface area (Å²) in [7, 11) is 0. The minimum absolute atomic E-state index is 0.198. The average molecular weight is 337 g/mol. The van der Waals surface area contributed by atoms with Crippen LogP contribution in [0.15, 0.2) is 48.5 Å². The maximum absolute atomic E-state index is 12.1. The van der Waals surface area contributed by atoms with E-state index in [1.165, 1.54) is 0 Å². The fourth-order valence-electron chi connectivity index (χ4n) is 2.54. The molecule has 1 aliphatic rings. The highest BCUT2D eigenvalue weighted by Gasteiger charge is 2.29. The summed E-state index contributed by atoms with van der Waals surface area (Å²) in [5.41, 5.74) is 2.33. The highest BCUT2D eigenvalue weighted by atomic mass is 35.5. The van der Waals surface area contributed by atoms with Gasteiger partial charge in [0.05, 0.1) is 0 Å². The van der Waals surface area contributed by atoms with E-state index in [9.17, 15) is 4.79 Å². The normalized spacial score (nSPS) is 22.3. The second-order valence-electron chi connectivity index (χ2n) is 5.16. The maximum atomic E-state index is 12.1. The van der Waals surface area contributed by atoms with Crippen molar-refractivity contribution in [1.82, 2.24) is 0 Å². The molecule has 1 heterocycles. The summed E-state index contributed by atoms with van der Waals surface area (Å²) in [4.78, 5) is 12.1. The van der Waals surface area contributed by atoms with E-state index in [2.05, 4.69) is 0 Å². The van der Waals surface area contributed by atoms with E-state index >= 15 is 0 Å². The highest BCUT2D eigenvalue weighted by Crippen LogP contribution is 2.48. The third-order valence-corrected chi connectivity index (χ3v) is 5.68. The van der Waals surface area contributed by atoms with Gasteiger partial charge in [0.2, 0.25) is 0 Å². The molecule has 108 valence electrons. The van der Waals surface area contributed by atoms with Crippen LogP contribution in [-0.4, -0.2) is 5.78 Å². The Hall–Kier alpha value is -0.960. The Morgan fingerprint density at radius 3 is 1.52 bits per heavy atom. The highest BCUT2D eigenvalue weighted by molar-refractivity contribution is 7.99. The zero-order valence-electron chi connectivity index (χ0n) is 11.3. The molecule has 3 rings (SSSR count). The van der Waals surface area contributed by atoms with Gasteiger partial charge in [-0.2, -0.15) is 0 Å². The Morgan fingerprint density at radius 1 is 0.762 bits per heavy atom. The molecule has 0 aliphatic carbocycles. The molecular formula is C17H14Cl2OS. The van der Waals surface area contributed by atoms with Crippen molar-refractivity contribution < 1.29 is 4.79 Å². The first kappa shape index (κ1) is 15.0. The summed E-state index contributed by atoms with van der Waals surface area (Å²) in [5.74, 6) is 0.314. The Bertz CT molecular complexity index is 581. The molecule has 1 nitrogen and oxygen atoms in total. The lowest BCUT2D eigenvalue weighted by Crippen LogP contribution is -2.15. The second-order valence-corrected chi connectivity index (χ2v) is 7.45. The molecule has 1 aliphatic heterocycles. The van der Waals surface area contributed by atoms with Crippen LogP contribution in [0.4, 0.5) is 0 Å². The molecule has 0 N–H and O–H groups in total. The minimum atomic E-state index is 0.198. The van der Waals surface area contributed by atoms with Crippen LogP contribution in [0.25, 0.3) is 0 Å². The van der Waals surface area contributed by atoms with Crippen molar-refractivity contribution in [3.05, 3.63) is 69.7 Å². The van der Waals surface area contributed by atoms with Gasteiger partial charge >= 0.3 is 0 Å². The van der Waals surface area contributed by atoms with Gasteiger partial charge in [-0.05, 0) is 35.4 Å². The Balaban J connectivity index is 1.82. The molecule has 2 aromatic rings. The topological polar surface area (TPSA) is 17.1 Å². The molecule has 2 aromatic carbocycles. The van der Waals surface area contributed by atoms with Crippen LogP contribution < -0.4 is 0 Å². The van der Waals surface area contributed by atoms with Gasteiger partial charge in [0.15, 0.2) is 0 Å². The number of halogens is 2. The molecule has 0 radical (unpaired) electrons. The molecular weight excluding hydrogens is 323 g/mol. The van der Waals surface area contributed by atoms with Crippen molar-refractivity contribution in [1.29, 1.82) is 0 Å². The van der Waals surface area contributed by atoms with Gasteiger partial charge in [-0.3, -0.25) is 4.79 Å². The first-order valence-electron chi connectivity index (χ1n) is 6.80. The lowest BCUT2D eigenvalue weighted by Gasteiger charge is -2.28. The molecule has 0 unspecified atom stereocenters. The van der Waals surface area contributed by atoms with E-state index in [0.29, 0.717) is 18.6 Å². The number of hydrogen-bond donors (Lipinski definition) is 0. The smallest absolute Gasteiger partial charge is 0.135 e. The van der Waals surface area contributed by atoms with E-state index < -0.39 is 0 Å². The quantitative estimate of drug-likeness (QED) is 0.681. The molecule has 21 heavy (non-hydrogen) atoms. The Labute approximate surface area is 138 Å². The van der Waals surface area contributed by atoms with Gasteiger partial charge in [-0.25, -0.2) is 0 Å². The minimum Gasteiger partial charge on any atom is -0.300 e. The SMILES string of the molecule is O=C1C[C@@H](c2ccc(Cl)cc2)S[C@H](c2ccc(Cl)cc2)C1. The van der Waals surface area contributed by atoms with Crippen molar-refractivity contribution in [3.8, 4) is 0 Å². The van der Waals surface area contributed by atoms with E-state index in [0.717, 1.165) is 21.2 Å². The zero-order chi connectivity index (χ0) is 14.8. The Kier molecular flexibility index (Phi) is 4.58. The zero-order valence-corrected chi connectivity index (χ0v) is 13.6. The van der Waals surface area contributed by atoms with Crippen molar-refractivity contribution in [2.75, 3.05) is 0 Å². The third kappa shape index (κ3) is 3.63. The summed E-state index contributed by atoms with van der Waals surface area (Å²) < 4.78 is 0. The first-order valence-corrected chi connectivity index (χ1v) is 8.50. The van der Waals surface area contributed by atoms with Crippen LogP contribution in [0.3, 0.4) is 0 Å². The van der Waals surface area contributed by atoms with Gasteiger partial charge in [-0.1, -0.05) is 47.5 Å². The van der Waals surface area contributed by atoms with E-state index in [1.54, 1.807) is 0 Å². The standard InChI is InChI=1S/C17H14Cl2OS/c18-13-5-1-11(2-6-13)16-9-15(20)10-17(21-16)12-3-7-14(19)8-4-12/h1-8,16-17H,9-10H2/t16-,17-/m0/s1. The second kappa shape index (κ2) is 6.43. The summed E-state index contributed by atoms with van der Waals surface area (Å²) in [6.45, 7) is 0. The van der Waals surface area contributed by atoms with Crippen LogP contribution >= 0.6 is 35.0 Å². The van der Waals surface area contributed by atoms with E-state index in [1.807, 2.05) is 60.3 Å². The predicted octanol–water partition coefficient (Wildman–Crippen LogP) is 5.87. The predicted molar refractivity (Wildman–Crippen MR) is 90.2 cm³/mol. The first-order chi connectivity index (χ1) is 10.1. The molecule has 4 heteroatoms. The number of carbonyl (C=O) groups is 1. The number of rotatable bonds is 2. The number of Topliss-reactive ketones (excluding diaryl/α,β-unsaturated/α-hetero) is 1. The lowest BCUT2D eigenvalue weighted by atomic mass is 10.0. The van der Waals surface area contributed by atoms with Crippen molar-refractivity contribution in [3.63, 3.8) is 0 Å². The van der Waals surface area contributed by atoms with Crippen LogP contribution in [-0.2, 0) is 4.79 Å². The Morgan fingerprint density at radius 2 is 1.14 bits per heavy atom. The summed E-state index contributed by atoms with van der Waals surface area (Å²) in [5, 5.41) is 1.84. The van der Waals surface area contributed by atoms with Crippen LogP contribution in [0.1, 0.15) is 34.5 Å². The number of ketones is 1. The molecule has 0 aromatic heterocycles. The monoisotopic (exact) mass is 336 g/mol. The molecule has 0 amide bonds. The van der Waals surface area contributed by atoms with Crippen LogP contribution in [0, 0.1) is 0 Å². The largest absolute Gasteiger partial charge is 0.300 e. The summed E-state index contributed by atoms with van der Waals surface area (Å²) >= 11 is 13.7. The molecule has 0 spiro atoms. The molecule has 1 fully saturated rings. The van der Waals surface area contributed by atoms with E-state index in [-0.39, 0.29) is 10.5 Å². The van der Waals surface area contributed by atoms with Gasteiger partial charge < -0.3 is 0 Å². The summed E-state index contributed by atoms with van der Waals surface area (Å²) in [6, 6.07) is 15.6. The molecule has 2 atom stereocenters. The van der Waals surface area contributed by atoms with Gasteiger partial charge in [0.25, 0.3) is 0 Å². The van der Waals surface area contributed by atoms with Crippen molar-refractivity contribution in [2.45, 2.75) is 23.3 Å². The van der Waals surface area contributed by atoms with Crippen molar-refractivity contribution >= 4 is 40.7 Å². The van der Waals surface area contributed by atoms with E-state index in [4.69, 9.17) is 23.2 Å². The summed E-state index contributed by atoms with van der Waals surface area (Å²) in [6.07, 6.45) is 1.19. The number of hydrogen-bond acceptors (Lipinski definition) is 2. The number of benzene rings is 2. The molecule has 1 saturated heterocycles. The van der Waals surface area contributed by atoms with Gasteiger partial charge in [0.1, 0.15) is 5.78 Å². The van der Waals surface area contributed by atoms with Crippen molar-refractivity contribution in [2.24, 2.45) is 0 Å². The number of thioether (sulfide) groups is 1. The number of carbonyl (C=O) groups excluding carboxylic acids is 1. The fourth-order valence-corrected chi connectivity index (χ4v) is 4.38. The molecule has 0 bridgehead atoms. The van der Waals surface area contributed by atoms with Crippen LogP contribution in [0.2, 0.25) is 10.0 Å².